The highest BCUT2D eigenvalue weighted by Gasteiger charge is 2.00. The molecule has 8 heavy (non-hydrogen) atoms. The Hall–Kier alpha value is 0.0300. The largest absolute Gasteiger partial charge is 0.230 e. The van der Waals surface area contributed by atoms with Crippen LogP contribution in [0.15, 0.2) is 9.47 Å². The van der Waals surface area contributed by atoms with Crippen molar-refractivity contribution in [1.82, 2.24) is 15.0 Å². The average molecular weight is 245 g/mol. The third-order valence-electron chi connectivity index (χ3n) is 0.507. The standard InChI is InChI=1S/C2Br2FN3/c3-1-6-2(4)8(5)7-1. The van der Waals surface area contributed by atoms with Crippen molar-refractivity contribution in [3.05, 3.63) is 9.47 Å². The first-order chi connectivity index (χ1) is 3.70. The summed E-state index contributed by atoms with van der Waals surface area (Å²) in [6, 6.07) is 0. The first-order valence-corrected chi connectivity index (χ1v) is 3.23. The van der Waals surface area contributed by atoms with Crippen LogP contribution in [0.2, 0.25) is 0 Å². The SMILES string of the molecule is Fn1nc(Br)nc1Br. The molecule has 0 bridgehead atoms. The predicted octanol–water partition coefficient (Wildman–Crippen LogP) is 1.54. The van der Waals surface area contributed by atoms with Gasteiger partial charge in [-0.1, -0.05) is 9.39 Å². The van der Waals surface area contributed by atoms with Gasteiger partial charge in [0.2, 0.25) is 9.47 Å². The van der Waals surface area contributed by atoms with Gasteiger partial charge in [0.05, 0.1) is 0 Å². The molecule has 0 atom stereocenters. The van der Waals surface area contributed by atoms with Gasteiger partial charge >= 0.3 is 0 Å². The summed E-state index contributed by atoms with van der Waals surface area (Å²) in [6.45, 7) is 0. The Morgan fingerprint density at radius 2 is 2.12 bits per heavy atom. The van der Waals surface area contributed by atoms with Gasteiger partial charge in [0.15, 0.2) is 0 Å². The molecule has 0 aliphatic heterocycles. The second-order valence-corrected chi connectivity index (χ2v) is 2.43. The molecule has 6 heteroatoms. The maximum absolute atomic E-state index is 12.0. The van der Waals surface area contributed by atoms with E-state index in [0.29, 0.717) is 0 Å². The molecular formula is C2Br2FN3. The molecule has 0 fully saturated rings. The van der Waals surface area contributed by atoms with Crippen molar-refractivity contribution in [2.24, 2.45) is 0 Å². The molecule has 0 radical (unpaired) electrons. The maximum atomic E-state index is 12.0. The molecule has 0 saturated carbocycles. The van der Waals surface area contributed by atoms with Crippen molar-refractivity contribution in [1.29, 1.82) is 0 Å². The van der Waals surface area contributed by atoms with Crippen LogP contribution in [-0.4, -0.2) is 15.0 Å². The third kappa shape index (κ3) is 1.05. The monoisotopic (exact) mass is 243 g/mol. The summed E-state index contributed by atoms with van der Waals surface area (Å²) < 4.78 is 12.3. The van der Waals surface area contributed by atoms with Crippen LogP contribution >= 0.6 is 31.9 Å². The summed E-state index contributed by atoms with van der Waals surface area (Å²) >= 11 is 5.67. The van der Waals surface area contributed by atoms with Crippen LogP contribution < -0.4 is 0 Å². The second-order valence-electron chi connectivity index (χ2n) is 1.01. The van der Waals surface area contributed by atoms with Crippen LogP contribution in [0.5, 0.6) is 0 Å². The zero-order chi connectivity index (χ0) is 6.15. The minimum absolute atomic E-state index is 0.0596. The van der Waals surface area contributed by atoms with Gasteiger partial charge in [-0.3, -0.25) is 0 Å². The van der Waals surface area contributed by atoms with Crippen LogP contribution in [0.1, 0.15) is 0 Å². The fourth-order valence-corrected chi connectivity index (χ4v) is 1.05. The van der Waals surface area contributed by atoms with Gasteiger partial charge < -0.3 is 0 Å². The van der Waals surface area contributed by atoms with Crippen molar-refractivity contribution in [3.8, 4) is 0 Å². The molecule has 0 aliphatic carbocycles. The van der Waals surface area contributed by atoms with Gasteiger partial charge in [0.1, 0.15) is 0 Å². The molecule has 1 rings (SSSR count). The van der Waals surface area contributed by atoms with E-state index in [9.17, 15) is 4.48 Å². The molecule has 0 spiro atoms. The Kier molecular flexibility index (Phi) is 1.62. The van der Waals surface area contributed by atoms with Gasteiger partial charge in [0.25, 0.3) is 0 Å². The molecule has 0 aliphatic rings. The number of halogens is 3. The van der Waals surface area contributed by atoms with E-state index in [1.54, 1.807) is 0 Å². The Balaban J connectivity index is 3.14. The van der Waals surface area contributed by atoms with E-state index in [1.807, 2.05) is 0 Å². The summed E-state index contributed by atoms with van der Waals surface area (Å²) in [5.41, 5.74) is 0. The Bertz CT molecular complexity index is 178. The van der Waals surface area contributed by atoms with E-state index in [2.05, 4.69) is 41.9 Å². The fraction of sp³-hybridized carbons (Fsp3) is 0. The molecule has 1 heterocycles. The second kappa shape index (κ2) is 2.10. The summed E-state index contributed by atoms with van der Waals surface area (Å²) in [5.74, 6) is 0. The van der Waals surface area contributed by atoms with Crippen LogP contribution in [0.25, 0.3) is 0 Å². The van der Waals surface area contributed by atoms with E-state index in [4.69, 9.17) is 0 Å². The molecule has 0 saturated heterocycles. The summed E-state index contributed by atoms with van der Waals surface area (Å²) in [4.78, 5) is 3.65. The maximum Gasteiger partial charge on any atom is 0.230 e. The average Bonchev–Trinajstić information content (AvgIpc) is 1.85. The molecule has 44 valence electrons. The van der Waals surface area contributed by atoms with Crippen molar-refractivity contribution < 1.29 is 4.48 Å². The van der Waals surface area contributed by atoms with Crippen molar-refractivity contribution >= 4 is 31.9 Å². The minimum Gasteiger partial charge on any atom is -0.192 e. The molecule has 0 unspecified atom stereocenters. The number of nitrogens with zero attached hydrogens (tertiary/aromatic N) is 3. The highest BCUT2D eigenvalue weighted by atomic mass is 79.9. The van der Waals surface area contributed by atoms with Crippen LogP contribution in [-0.2, 0) is 0 Å². The van der Waals surface area contributed by atoms with E-state index in [0.717, 1.165) is 0 Å². The Labute approximate surface area is 61.1 Å². The Morgan fingerprint density at radius 1 is 1.50 bits per heavy atom. The van der Waals surface area contributed by atoms with Gasteiger partial charge in [-0.25, -0.2) is 0 Å². The molecule has 3 nitrogen and oxygen atoms in total. The third-order valence-corrected chi connectivity index (χ3v) is 1.31. The smallest absolute Gasteiger partial charge is 0.192 e. The van der Waals surface area contributed by atoms with Crippen molar-refractivity contribution in [2.45, 2.75) is 0 Å². The highest BCUT2D eigenvalue weighted by molar-refractivity contribution is 9.11. The van der Waals surface area contributed by atoms with Gasteiger partial charge in [-0.05, 0) is 31.9 Å². The van der Waals surface area contributed by atoms with Crippen LogP contribution in [0, 0.1) is 0 Å². The number of rotatable bonds is 0. The van der Waals surface area contributed by atoms with Gasteiger partial charge in [-0.15, -0.1) is 5.10 Å². The van der Waals surface area contributed by atoms with Gasteiger partial charge in [-0.2, -0.15) is 4.98 Å². The minimum atomic E-state index is 0.0596. The van der Waals surface area contributed by atoms with Crippen LogP contribution in [0.4, 0.5) is 4.48 Å². The first-order valence-electron chi connectivity index (χ1n) is 1.64. The fourth-order valence-electron chi connectivity index (χ4n) is 0.253. The highest BCUT2D eigenvalue weighted by Crippen LogP contribution is 2.09. The van der Waals surface area contributed by atoms with E-state index in [1.165, 1.54) is 0 Å². The summed E-state index contributed by atoms with van der Waals surface area (Å²) in [7, 11) is 0. The van der Waals surface area contributed by atoms with Crippen molar-refractivity contribution in [3.63, 3.8) is 0 Å². The quantitative estimate of drug-likeness (QED) is 0.693. The van der Waals surface area contributed by atoms with E-state index in [-0.39, 0.29) is 14.4 Å². The number of aromatic nitrogens is 3. The van der Waals surface area contributed by atoms with Crippen LogP contribution in [0.3, 0.4) is 0 Å². The van der Waals surface area contributed by atoms with Gasteiger partial charge in [0, 0.05) is 0 Å². The lowest BCUT2D eigenvalue weighted by molar-refractivity contribution is 0.304. The van der Waals surface area contributed by atoms with Crippen molar-refractivity contribution in [2.75, 3.05) is 0 Å². The normalized spacial score (nSPS) is 9.88. The summed E-state index contributed by atoms with van der Waals surface area (Å²) in [6.07, 6.45) is 0. The Morgan fingerprint density at radius 3 is 2.25 bits per heavy atom. The lowest BCUT2D eigenvalue weighted by Gasteiger charge is -1.75. The lowest BCUT2D eigenvalue weighted by Crippen LogP contribution is -1.81. The zero-order valence-corrected chi connectivity index (χ0v) is 6.65. The number of hydrogen-bond acceptors (Lipinski definition) is 2. The van der Waals surface area contributed by atoms with E-state index < -0.39 is 0 Å². The molecule has 1 aromatic rings. The predicted molar refractivity (Wildman–Crippen MR) is 31.9 cm³/mol. The molecule has 0 amide bonds. The number of hydrogen-bond donors (Lipinski definition) is 0. The van der Waals surface area contributed by atoms with E-state index >= 15 is 0 Å². The molecule has 1 aromatic heterocycles. The first kappa shape index (κ1) is 6.15. The molecule has 0 N–H and O–H groups in total. The topological polar surface area (TPSA) is 30.7 Å². The zero-order valence-electron chi connectivity index (χ0n) is 3.48. The molecular weight excluding hydrogens is 245 g/mol. The summed E-state index contributed by atoms with van der Waals surface area (Å²) in [5, 5.41) is 3.22. The molecule has 0 aromatic carbocycles. The lowest BCUT2D eigenvalue weighted by atomic mass is 11.3.